The Bertz CT molecular complexity index is 525. The van der Waals surface area contributed by atoms with Crippen molar-refractivity contribution in [3.05, 3.63) is 23.8 Å². The molecule has 18 heavy (non-hydrogen) atoms. The van der Waals surface area contributed by atoms with Gasteiger partial charge in [-0.1, -0.05) is 6.07 Å². The maximum absolute atomic E-state index is 12.1. The number of ether oxygens (including phenoxy) is 1. The van der Waals surface area contributed by atoms with Crippen LogP contribution in [-0.4, -0.2) is 34.9 Å². The second-order valence-electron chi connectivity index (χ2n) is 4.60. The van der Waals surface area contributed by atoms with Crippen molar-refractivity contribution in [3.8, 4) is 5.75 Å². The maximum atomic E-state index is 12.1. The molecule has 1 unspecified atom stereocenters. The molecule has 4 nitrogen and oxygen atoms in total. The van der Waals surface area contributed by atoms with E-state index in [0.717, 1.165) is 24.9 Å². The van der Waals surface area contributed by atoms with E-state index in [4.69, 9.17) is 4.74 Å². The monoisotopic (exact) mass is 269 g/mol. The summed E-state index contributed by atoms with van der Waals surface area (Å²) in [6.07, 6.45) is 1.83. The van der Waals surface area contributed by atoms with Gasteiger partial charge in [-0.25, -0.2) is 8.42 Å². The van der Waals surface area contributed by atoms with Crippen LogP contribution in [0.15, 0.2) is 23.1 Å². The molecule has 1 atom stereocenters. The first-order valence-electron chi connectivity index (χ1n) is 6.14. The number of sulfone groups is 1. The van der Waals surface area contributed by atoms with Crippen LogP contribution in [0.4, 0.5) is 0 Å². The van der Waals surface area contributed by atoms with E-state index in [1.165, 1.54) is 0 Å². The molecule has 0 spiro atoms. The van der Waals surface area contributed by atoms with Crippen molar-refractivity contribution in [1.29, 1.82) is 0 Å². The zero-order valence-corrected chi connectivity index (χ0v) is 11.6. The highest BCUT2D eigenvalue weighted by Gasteiger charge is 2.36. The predicted molar refractivity (Wildman–Crippen MR) is 70.9 cm³/mol. The van der Waals surface area contributed by atoms with Crippen LogP contribution >= 0.6 is 0 Å². The first kappa shape index (κ1) is 13.4. The van der Waals surface area contributed by atoms with Crippen molar-refractivity contribution in [2.24, 2.45) is 0 Å². The molecule has 1 heterocycles. The number of methoxy groups -OCH3 is 1. The third-order valence-electron chi connectivity index (χ3n) is 3.39. The Kier molecular flexibility index (Phi) is 3.92. The van der Waals surface area contributed by atoms with Gasteiger partial charge in [-0.2, -0.15) is 0 Å². The van der Waals surface area contributed by atoms with E-state index in [0.29, 0.717) is 10.6 Å². The Balaban J connectivity index is 2.34. The smallest absolute Gasteiger partial charge is 0.179 e. The van der Waals surface area contributed by atoms with Crippen molar-refractivity contribution in [2.45, 2.75) is 23.7 Å². The zero-order chi connectivity index (χ0) is 13.2. The van der Waals surface area contributed by atoms with E-state index in [1.807, 2.05) is 13.1 Å². The van der Waals surface area contributed by atoms with Crippen LogP contribution in [0.3, 0.4) is 0 Å². The fraction of sp³-hybridized carbons (Fsp3) is 0.538. The molecular formula is C13H19NO3S. The lowest BCUT2D eigenvalue weighted by molar-refractivity contribution is 0.404. The average Bonchev–Trinajstić information content (AvgIpc) is 2.62. The third-order valence-corrected chi connectivity index (χ3v) is 5.26. The molecule has 1 N–H and O–H groups in total. The molecule has 1 aromatic carbocycles. The quantitative estimate of drug-likeness (QED) is 0.824. The summed E-state index contributed by atoms with van der Waals surface area (Å²) in [6, 6.07) is 5.27. The standard InChI is InChI=1S/C13H19NO3S/c1-14-8-4-5-10-9-18(15,16)12-7-3-6-11(17-2)13(10)12/h3,6-7,10,14H,4-5,8-9H2,1-2H3. The lowest BCUT2D eigenvalue weighted by atomic mass is 9.95. The van der Waals surface area contributed by atoms with Crippen molar-refractivity contribution >= 4 is 9.84 Å². The molecular weight excluding hydrogens is 250 g/mol. The van der Waals surface area contributed by atoms with E-state index in [2.05, 4.69) is 5.32 Å². The highest BCUT2D eigenvalue weighted by molar-refractivity contribution is 7.91. The summed E-state index contributed by atoms with van der Waals surface area (Å²) in [7, 11) is 0.366. The van der Waals surface area contributed by atoms with Gasteiger partial charge in [0.25, 0.3) is 0 Å². The van der Waals surface area contributed by atoms with Crippen LogP contribution in [-0.2, 0) is 9.84 Å². The van der Waals surface area contributed by atoms with Crippen molar-refractivity contribution in [2.75, 3.05) is 26.5 Å². The number of fused-ring (bicyclic) bond motifs is 1. The average molecular weight is 269 g/mol. The number of hydrogen-bond acceptors (Lipinski definition) is 4. The van der Waals surface area contributed by atoms with E-state index in [9.17, 15) is 8.42 Å². The highest BCUT2D eigenvalue weighted by atomic mass is 32.2. The Labute approximate surface area is 108 Å². The third kappa shape index (κ3) is 2.37. The summed E-state index contributed by atoms with van der Waals surface area (Å²) in [5.41, 5.74) is 0.871. The van der Waals surface area contributed by atoms with Crippen LogP contribution in [0.5, 0.6) is 5.75 Å². The molecule has 0 radical (unpaired) electrons. The van der Waals surface area contributed by atoms with Gasteiger partial charge in [0.05, 0.1) is 17.8 Å². The van der Waals surface area contributed by atoms with Gasteiger partial charge in [0.2, 0.25) is 0 Å². The Hall–Kier alpha value is -1.07. The Morgan fingerprint density at radius 1 is 1.44 bits per heavy atom. The van der Waals surface area contributed by atoms with Crippen molar-refractivity contribution < 1.29 is 13.2 Å². The van der Waals surface area contributed by atoms with Gasteiger partial charge in [0.15, 0.2) is 9.84 Å². The molecule has 0 aromatic heterocycles. The van der Waals surface area contributed by atoms with E-state index < -0.39 is 9.84 Å². The minimum Gasteiger partial charge on any atom is -0.496 e. The molecule has 5 heteroatoms. The first-order chi connectivity index (χ1) is 8.60. The van der Waals surface area contributed by atoms with Crippen LogP contribution < -0.4 is 10.1 Å². The van der Waals surface area contributed by atoms with Gasteiger partial charge in [0.1, 0.15) is 5.75 Å². The van der Waals surface area contributed by atoms with Crippen LogP contribution in [0.25, 0.3) is 0 Å². The number of nitrogens with one attached hydrogen (secondary N) is 1. The van der Waals surface area contributed by atoms with Gasteiger partial charge < -0.3 is 10.1 Å². The van der Waals surface area contributed by atoms with E-state index in [-0.39, 0.29) is 11.7 Å². The summed E-state index contributed by atoms with van der Waals surface area (Å²) in [5, 5.41) is 3.08. The fourth-order valence-electron chi connectivity index (χ4n) is 2.57. The number of benzene rings is 1. The van der Waals surface area contributed by atoms with Crippen LogP contribution in [0.2, 0.25) is 0 Å². The molecule has 0 saturated heterocycles. The summed E-state index contributed by atoms with van der Waals surface area (Å²) < 4.78 is 29.5. The second kappa shape index (κ2) is 5.28. The summed E-state index contributed by atoms with van der Waals surface area (Å²) >= 11 is 0. The number of hydrogen-bond donors (Lipinski definition) is 1. The molecule has 0 fully saturated rings. The molecule has 2 rings (SSSR count). The van der Waals surface area contributed by atoms with Gasteiger partial charge in [-0.3, -0.25) is 0 Å². The van der Waals surface area contributed by atoms with Crippen molar-refractivity contribution in [1.82, 2.24) is 5.32 Å². The minimum absolute atomic E-state index is 0.0644. The molecule has 0 amide bonds. The molecule has 1 aromatic rings. The second-order valence-corrected chi connectivity index (χ2v) is 6.60. The lowest BCUT2D eigenvalue weighted by Crippen LogP contribution is -2.10. The predicted octanol–water partition coefficient (Wildman–Crippen LogP) is 1.57. The maximum Gasteiger partial charge on any atom is 0.179 e. The zero-order valence-electron chi connectivity index (χ0n) is 10.8. The first-order valence-corrected chi connectivity index (χ1v) is 7.79. The van der Waals surface area contributed by atoms with E-state index >= 15 is 0 Å². The molecule has 0 saturated carbocycles. The largest absolute Gasteiger partial charge is 0.496 e. The molecule has 1 aliphatic rings. The van der Waals surface area contributed by atoms with Gasteiger partial charge in [-0.15, -0.1) is 0 Å². The Morgan fingerprint density at radius 2 is 2.22 bits per heavy atom. The van der Waals surface area contributed by atoms with Gasteiger partial charge in [0, 0.05) is 11.5 Å². The minimum atomic E-state index is -3.12. The summed E-state index contributed by atoms with van der Waals surface area (Å²) in [6.45, 7) is 0.904. The summed E-state index contributed by atoms with van der Waals surface area (Å²) in [4.78, 5) is 0.455. The highest BCUT2D eigenvalue weighted by Crippen LogP contribution is 2.42. The molecule has 0 bridgehead atoms. The topological polar surface area (TPSA) is 55.4 Å². The summed E-state index contributed by atoms with van der Waals surface area (Å²) in [5.74, 6) is 0.976. The normalized spacial score (nSPS) is 20.7. The van der Waals surface area contributed by atoms with Gasteiger partial charge >= 0.3 is 0 Å². The molecule has 0 aliphatic carbocycles. The van der Waals surface area contributed by atoms with Gasteiger partial charge in [-0.05, 0) is 38.6 Å². The lowest BCUT2D eigenvalue weighted by Gasteiger charge is -2.13. The van der Waals surface area contributed by atoms with Crippen LogP contribution in [0, 0.1) is 0 Å². The fourth-order valence-corrected chi connectivity index (χ4v) is 4.50. The molecule has 1 aliphatic heterocycles. The SMILES string of the molecule is CNCCCC1CS(=O)(=O)c2cccc(OC)c21. The Morgan fingerprint density at radius 3 is 2.89 bits per heavy atom. The van der Waals surface area contributed by atoms with Crippen LogP contribution in [0.1, 0.15) is 24.3 Å². The number of rotatable bonds is 5. The van der Waals surface area contributed by atoms with E-state index in [1.54, 1.807) is 19.2 Å². The van der Waals surface area contributed by atoms with Crippen molar-refractivity contribution in [3.63, 3.8) is 0 Å². The molecule has 100 valence electrons.